The van der Waals surface area contributed by atoms with Crippen molar-refractivity contribution in [3.8, 4) is 0 Å². The van der Waals surface area contributed by atoms with Gasteiger partial charge in [-0.05, 0) is 68.2 Å². The molecule has 2 N–H and O–H groups in total. The Bertz CT molecular complexity index is 927. The summed E-state index contributed by atoms with van der Waals surface area (Å²) in [6.07, 6.45) is 5.81. The van der Waals surface area contributed by atoms with Gasteiger partial charge in [0.15, 0.2) is 0 Å². The maximum atomic E-state index is 12.8. The van der Waals surface area contributed by atoms with E-state index in [1.54, 1.807) is 19.2 Å². The van der Waals surface area contributed by atoms with Gasteiger partial charge < -0.3 is 15.4 Å². The molecule has 1 aliphatic carbocycles. The Balaban J connectivity index is 1.37. The van der Waals surface area contributed by atoms with Crippen LogP contribution >= 0.6 is 0 Å². The number of amides is 2. The summed E-state index contributed by atoms with van der Waals surface area (Å²) in [6, 6.07) is 6.22. The molecule has 0 spiro atoms. The van der Waals surface area contributed by atoms with Gasteiger partial charge in [-0.15, -0.1) is 0 Å². The third-order valence-electron chi connectivity index (χ3n) is 7.09. The molecule has 2 heterocycles. The predicted molar refractivity (Wildman–Crippen MR) is 120 cm³/mol. The summed E-state index contributed by atoms with van der Waals surface area (Å²) in [6.45, 7) is 1.69. The largest absolute Gasteiger partial charge is 0.384 e. The van der Waals surface area contributed by atoms with Crippen molar-refractivity contribution < 1.29 is 22.7 Å². The zero-order valence-corrected chi connectivity index (χ0v) is 19.4. The highest BCUT2D eigenvalue weighted by molar-refractivity contribution is 7.89. The Morgan fingerprint density at radius 1 is 1.16 bits per heavy atom. The number of methoxy groups -OCH3 is 1. The molecule has 4 unspecified atom stereocenters. The molecule has 1 aromatic carbocycles. The summed E-state index contributed by atoms with van der Waals surface area (Å²) in [4.78, 5) is 25.1. The smallest absolute Gasteiger partial charge is 0.251 e. The minimum absolute atomic E-state index is 0.0258. The number of ether oxygens (including phenoxy) is 1. The standard InChI is InChI=1S/C23H33N3O5S/c1-31-15-17-13-22(27)25-21-14-18(7-10-20(17)21)24-23(28)16-5-8-19(9-6-16)32(29,30)26-11-3-2-4-12-26/h5-6,8-9,17-18,20-21H,2-4,7,10-15H2,1H3,(H,24,28)(H,25,27). The Morgan fingerprint density at radius 3 is 2.56 bits per heavy atom. The zero-order chi connectivity index (χ0) is 22.7. The number of carbonyl (C=O) groups is 2. The Morgan fingerprint density at radius 2 is 1.88 bits per heavy atom. The SMILES string of the molecule is COCC1CC(=O)NC2CC(NC(=O)c3ccc(S(=O)(=O)N4CCCCC4)cc3)CCC12. The zero-order valence-electron chi connectivity index (χ0n) is 18.6. The second-order valence-electron chi connectivity index (χ2n) is 9.23. The van der Waals surface area contributed by atoms with Crippen molar-refractivity contribution in [3.63, 3.8) is 0 Å². The summed E-state index contributed by atoms with van der Waals surface area (Å²) >= 11 is 0. The average molecular weight is 464 g/mol. The molecular formula is C23H33N3O5S. The highest BCUT2D eigenvalue weighted by Gasteiger charge is 2.41. The van der Waals surface area contributed by atoms with E-state index in [-0.39, 0.29) is 34.7 Å². The van der Waals surface area contributed by atoms with Crippen molar-refractivity contribution >= 4 is 21.8 Å². The lowest BCUT2D eigenvalue weighted by Gasteiger charge is -2.43. The number of sulfonamides is 1. The first-order valence-electron chi connectivity index (χ1n) is 11.6. The fourth-order valence-electron chi connectivity index (χ4n) is 5.41. The second-order valence-corrected chi connectivity index (χ2v) is 11.2. The van der Waals surface area contributed by atoms with Crippen molar-refractivity contribution in [3.05, 3.63) is 29.8 Å². The Kier molecular flexibility index (Phi) is 7.17. The maximum Gasteiger partial charge on any atom is 0.251 e. The number of nitrogens with one attached hydrogen (secondary N) is 2. The summed E-state index contributed by atoms with van der Waals surface area (Å²) in [5.74, 6) is 0.432. The quantitative estimate of drug-likeness (QED) is 0.671. The molecule has 2 saturated heterocycles. The normalized spacial score (nSPS) is 29.1. The number of carbonyl (C=O) groups excluding carboxylic acids is 2. The Hall–Kier alpha value is -1.97. The molecule has 3 aliphatic rings. The van der Waals surface area contributed by atoms with Crippen LogP contribution in [0.25, 0.3) is 0 Å². The fourth-order valence-corrected chi connectivity index (χ4v) is 6.93. The molecule has 1 aromatic rings. The van der Waals surface area contributed by atoms with Crippen LogP contribution in [0.1, 0.15) is 55.3 Å². The number of hydrogen-bond donors (Lipinski definition) is 2. The van der Waals surface area contributed by atoms with Gasteiger partial charge in [-0.25, -0.2) is 8.42 Å². The van der Waals surface area contributed by atoms with Gasteiger partial charge in [0.1, 0.15) is 0 Å². The number of rotatable bonds is 6. The van der Waals surface area contributed by atoms with E-state index in [0.717, 1.165) is 32.1 Å². The van der Waals surface area contributed by atoms with Crippen LogP contribution < -0.4 is 10.6 Å². The lowest BCUT2D eigenvalue weighted by Crippen LogP contribution is -2.56. The molecule has 32 heavy (non-hydrogen) atoms. The molecule has 2 aliphatic heterocycles. The molecule has 2 amide bonds. The van der Waals surface area contributed by atoms with Crippen LogP contribution in [-0.4, -0.2) is 63.4 Å². The second kappa shape index (κ2) is 9.89. The van der Waals surface area contributed by atoms with Gasteiger partial charge in [-0.1, -0.05) is 6.42 Å². The van der Waals surface area contributed by atoms with Crippen LogP contribution in [0.2, 0.25) is 0 Å². The monoisotopic (exact) mass is 463 g/mol. The van der Waals surface area contributed by atoms with Crippen molar-refractivity contribution in [2.75, 3.05) is 26.8 Å². The Labute approximate surface area is 190 Å². The summed E-state index contributed by atoms with van der Waals surface area (Å²) in [5, 5.41) is 6.16. The van der Waals surface area contributed by atoms with Crippen molar-refractivity contribution in [2.45, 2.75) is 61.9 Å². The molecule has 4 atom stereocenters. The molecule has 4 rings (SSSR count). The number of fused-ring (bicyclic) bond motifs is 1. The maximum absolute atomic E-state index is 12.8. The van der Waals surface area contributed by atoms with Crippen LogP contribution in [0.5, 0.6) is 0 Å². The molecular weight excluding hydrogens is 430 g/mol. The number of hydrogen-bond acceptors (Lipinski definition) is 5. The van der Waals surface area contributed by atoms with Gasteiger partial charge in [0, 0.05) is 50.9 Å². The molecule has 176 valence electrons. The van der Waals surface area contributed by atoms with E-state index < -0.39 is 10.0 Å². The van der Waals surface area contributed by atoms with E-state index in [1.807, 2.05) is 0 Å². The van der Waals surface area contributed by atoms with E-state index in [2.05, 4.69) is 10.6 Å². The number of benzene rings is 1. The van der Waals surface area contributed by atoms with Gasteiger partial charge in [0.25, 0.3) is 5.91 Å². The highest BCUT2D eigenvalue weighted by atomic mass is 32.2. The van der Waals surface area contributed by atoms with Crippen molar-refractivity contribution in [2.24, 2.45) is 11.8 Å². The van der Waals surface area contributed by atoms with Crippen LogP contribution in [-0.2, 0) is 19.6 Å². The van der Waals surface area contributed by atoms with Gasteiger partial charge in [-0.2, -0.15) is 4.31 Å². The van der Waals surface area contributed by atoms with E-state index in [9.17, 15) is 18.0 Å². The minimum Gasteiger partial charge on any atom is -0.384 e. The summed E-state index contributed by atoms with van der Waals surface area (Å²) in [7, 11) is -1.85. The van der Waals surface area contributed by atoms with Crippen LogP contribution in [0.15, 0.2) is 29.2 Å². The highest BCUT2D eigenvalue weighted by Crippen LogP contribution is 2.35. The van der Waals surface area contributed by atoms with Crippen LogP contribution in [0.4, 0.5) is 0 Å². The van der Waals surface area contributed by atoms with Crippen LogP contribution in [0.3, 0.4) is 0 Å². The first kappa shape index (κ1) is 23.2. The molecule has 1 saturated carbocycles. The first-order chi connectivity index (χ1) is 15.4. The van der Waals surface area contributed by atoms with E-state index >= 15 is 0 Å². The van der Waals surface area contributed by atoms with Gasteiger partial charge in [0.2, 0.25) is 15.9 Å². The molecule has 3 fully saturated rings. The molecule has 0 aromatic heterocycles. The minimum atomic E-state index is -3.51. The van der Waals surface area contributed by atoms with E-state index in [4.69, 9.17) is 4.74 Å². The number of piperidine rings is 2. The molecule has 0 bridgehead atoms. The lowest BCUT2D eigenvalue weighted by molar-refractivity contribution is -0.128. The first-order valence-corrected chi connectivity index (χ1v) is 13.0. The summed E-state index contributed by atoms with van der Waals surface area (Å²) in [5.41, 5.74) is 0.439. The van der Waals surface area contributed by atoms with E-state index in [1.165, 1.54) is 16.4 Å². The van der Waals surface area contributed by atoms with Crippen LogP contribution in [0, 0.1) is 11.8 Å². The van der Waals surface area contributed by atoms with Crippen molar-refractivity contribution in [1.29, 1.82) is 0 Å². The topological polar surface area (TPSA) is 105 Å². The van der Waals surface area contributed by atoms with Gasteiger partial charge in [0.05, 0.1) is 4.90 Å². The third-order valence-corrected chi connectivity index (χ3v) is 9.00. The number of nitrogens with zero attached hydrogens (tertiary/aromatic N) is 1. The van der Waals surface area contributed by atoms with Gasteiger partial charge in [-0.3, -0.25) is 9.59 Å². The lowest BCUT2D eigenvalue weighted by atomic mass is 9.71. The van der Waals surface area contributed by atoms with Gasteiger partial charge >= 0.3 is 0 Å². The predicted octanol–water partition coefficient (Wildman–Crippen LogP) is 1.91. The fraction of sp³-hybridized carbons (Fsp3) is 0.652. The summed E-state index contributed by atoms with van der Waals surface area (Å²) < 4.78 is 32.4. The molecule has 0 radical (unpaired) electrons. The van der Waals surface area contributed by atoms with Crippen molar-refractivity contribution in [1.82, 2.24) is 14.9 Å². The molecule has 9 heteroatoms. The average Bonchev–Trinajstić information content (AvgIpc) is 2.79. The third kappa shape index (κ3) is 5.00. The molecule has 8 nitrogen and oxygen atoms in total. The van der Waals surface area contributed by atoms with E-state index in [0.29, 0.717) is 44.0 Å².